The van der Waals surface area contributed by atoms with E-state index in [1.54, 1.807) is 36.1 Å². The van der Waals surface area contributed by atoms with Gasteiger partial charge in [-0.15, -0.1) is 0 Å². The number of amides is 2. The zero-order valence-corrected chi connectivity index (χ0v) is 15.5. The Morgan fingerprint density at radius 1 is 1.08 bits per heavy atom. The molecule has 2 aromatic carbocycles. The fourth-order valence-corrected chi connectivity index (χ4v) is 2.64. The first-order valence-corrected chi connectivity index (χ1v) is 8.86. The van der Waals surface area contributed by atoms with Crippen molar-refractivity contribution in [1.82, 2.24) is 4.90 Å². The zero-order valence-electron chi connectivity index (χ0n) is 14.7. The topological polar surface area (TPSA) is 72.6 Å². The van der Waals surface area contributed by atoms with E-state index >= 15 is 0 Å². The maximum absolute atomic E-state index is 12.8. The zero-order chi connectivity index (χ0) is 18.9. The summed E-state index contributed by atoms with van der Waals surface area (Å²) < 4.78 is 5.70. The van der Waals surface area contributed by atoms with Crippen LogP contribution in [0.1, 0.15) is 18.9 Å². The number of hydrogen-bond donors (Lipinski definition) is 1. The van der Waals surface area contributed by atoms with Crippen LogP contribution >= 0.6 is 11.6 Å². The number of nitrogens with zero attached hydrogens (tertiary/aromatic N) is 1. The Kier molecular flexibility index (Phi) is 7.48. The summed E-state index contributed by atoms with van der Waals surface area (Å²) in [5.74, 6) is -0.0564. The van der Waals surface area contributed by atoms with Crippen LogP contribution in [-0.2, 0) is 16.0 Å². The standard InChI is InChI=1S/C20H23ClN2O3/c1-15(26-18-9-7-17(21)8-10-18)20(25)23(14-12-19(22)24)13-11-16-5-3-2-4-6-16/h2-10,15H,11-14H2,1H3,(H2,22,24). The lowest BCUT2D eigenvalue weighted by Crippen LogP contribution is -2.43. The molecule has 0 aliphatic rings. The largest absolute Gasteiger partial charge is 0.481 e. The fraction of sp³-hybridized carbons (Fsp3) is 0.300. The lowest BCUT2D eigenvalue weighted by atomic mass is 10.1. The molecular formula is C20H23ClN2O3. The number of halogens is 1. The Balaban J connectivity index is 2.00. The van der Waals surface area contributed by atoms with Crippen molar-refractivity contribution in [3.05, 3.63) is 65.2 Å². The molecule has 0 saturated carbocycles. The Morgan fingerprint density at radius 2 is 1.73 bits per heavy atom. The number of rotatable bonds is 9. The van der Waals surface area contributed by atoms with Crippen molar-refractivity contribution in [2.24, 2.45) is 5.73 Å². The number of ether oxygens (including phenoxy) is 1. The van der Waals surface area contributed by atoms with Crippen molar-refractivity contribution in [3.8, 4) is 5.75 Å². The minimum atomic E-state index is -0.681. The van der Waals surface area contributed by atoms with E-state index in [1.807, 2.05) is 30.3 Å². The van der Waals surface area contributed by atoms with Gasteiger partial charge in [-0.25, -0.2) is 0 Å². The number of primary amides is 1. The van der Waals surface area contributed by atoms with Gasteiger partial charge in [-0.2, -0.15) is 0 Å². The number of carbonyl (C=O) groups is 2. The summed E-state index contributed by atoms with van der Waals surface area (Å²) >= 11 is 5.86. The van der Waals surface area contributed by atoms with Gasteiger partial charge < -0.3 is 15.4 Å². The summed E-state index contributed by atoms with van der Waals surface area (Å²) in [6.45, 7) is 2.45. The van der Waals surface area contributed by atoms with E-state index in [2.05, 4.69) is 0 Å². The first-order chi connectivity index (χ1) is 12.5. The van der Waals surface area contributed by atoms with Gasteiger partial charge in [0.2, 0.25) is 5.91 Å². The van der Waals surface area contributed by atoms with Gasteiger partial charge in [-0.05, 0) is 43.2 Å². The third-order valence-electron chi connectivity index (χ3n) is 3.93. The smallest absolute Gasteiger partial charge is 0.263 e. The molecule has 5 nitrogen and oxygen atoms in total. The molecule has 0 radical (unpaired) electrons. The van der Waals surface area contributed by atoms with E-state index in [0.717, 1.165) is 5.56 Å². The Hall–Kier alpha value is -2.53. The van der Waals surface area contributed by atoms with Crippen LogP contribution in [0.15, 0.2) is 54.6 Å². The van der Waals surface area contributed by atoms with Crippen molar-refractivity contribution < 1.29 is 14.3 Å². The molecule has 2 aromatic rings. The Bertz CT molecular complexity index is 720. The summed E-state index contributed by atoms with van der Waals surface area (Å²) in [6.07, 6.45) is 0.132. The van der Waals surface area contributed by atoms with Crippen molar-refractivity contribution in [1.29, 1.82) is 0 Å². The number of carbonyl (C=O) groups excluding carboxylic acids is 2. The molecule has 0 spiro atoms. The highest BCUT2D eigenvalue weighted by Crippen LogP contribution is 2.17. The second kappa shape index (κ2) is 9.82. The van der Waals surface area contributed by atoms with Crippen molar-refractivity contribution >= 4 is 23.4 Å². The van der Waals surface area contributed by atoms with Gasteiger partial charge in [-0.3, -0.25) is 9.59 Å². The number of nitrogens with two attached hydrogens (primary N) is 1. The van der Waals surface area contributed by atoms with Gasteiger partial charge >= 0.3 is 0 Å². The van der Waals surface area contributed by atoms with Crippen LogP contribution in [0.3, 0.4) is 0 Å². The predicted molar refractivity (Wildman–Crippen MR) is 102 cm³/mol. The molecule has 26 heavy (non-hydrogen) atoms. The molecule has 0 heterocycles. The monoisotopic (exact) mass is 374 g/mol. The molecule has 0 fully saturated rings. The lowest BCUT2D eigenvalue weighted by molar-refractivity contribution is -0.138. The molecule has 2 amide bonds. The third kappa shape index (κ3) is 6.41. The fourth-order valence-electron chi connectivity index (χ4n) is 2.51. The quantitative estimate of drug-likeness (QED) is 0.733. The Labute approximate surface area is 158 Å². The molecule has 2 N–H and O–H groups in total. The molecule has 0 aliphatic heterocycles. The van der Waals surface area contributed by atoms with Crippen LogP contribution in [-0.4, -0.2) is 35.9 Å². The highest BCUT2D eigenvalue weighted by molar-refractivity contribution is 6.30. The maximum atomic E-state index is 12.8. The van der Waals surface area contributed by atoms with Crippen molar-refractivity contribution in [2.45, 2.75) is 25.9 Å². The van der Waals surface area contributed by atoms with Gasteiger partial charge in [0.1, 0.15) is 5.75 Å². The molecule has 0 saturated heterocycles. The van der Waals surface area contributed by atoms with Gasteiger partial charge in [0.15, 0.2) is 6.10 Å². The minimum Gasteiger partial charge on any atom is -0.481 e. The summed E-state index contributed by atoms with van der Waals surface area (Å²) in [7, 11) is 0. The SMILES string of the molecule is CC(Oc1ccc(Cl)cc1)C(=O)N(CCC(N)=O)CCc1ccccc1. The van der Waals surface area contributed by atoms with Crippen LogP contribution in [0.4, 0.5) is 0 Å². The molecule has 0 aliphatic carbocycles. The summed E-state index contributed by atoms with van der Waals surface area (Å²) in [5.41, 5.74) is 6.36. The average Bonchev–Trinajstić information content (AvgIpc) is 2.63. The van der Waals surface area contributed by atoms with E-state index < -0.39 is 12.0 Å². The van der Waals surface area contributed by atoms with E-state index in [1.165, 1.54) is 0 Å². The molecule has 1 atom stereocenters. The van der Waals surface area contributed by atoms with Crippen LogP contribution in [0.25, 0.3) is 0 Å². The highest BCUT2D eigenvalue weighted by atomic mass is 35.5. The van der Waals surface area contributed by atoms with E-state index in [4.69, 9.17) is 22.1 Å². The van der Waals surface area contributed by atoms with Crippen LogP contribution in [0.5, 0.6) is 5.75 Å². The van der Waals surface area contributed by atoms with E-state index in [-0.39, 0.29) is 18.9 Å². The van der Waals surface area contributed by atoms with Gasteiger partial charge in [0.05, 0.1) is 0 Å². The van der Waals surface area contributed by atoms with Crippen LogP contribution < -0.4 is 10.5 Å². The van der Waals surface area contributed by atoms with Crippen LogP contribution in [0, 0.1) is 0 Å². The predicted octanol–water partition coefficient (Wildman–Crippen LogP) is 3.05. The summed E-state index contributed by atoms with van der Waals surface area (Å²) in [5, 5.41) is 0.599. The summed E-state index contributed by atoms with van der Waals surface area (Å²) in [4.78, 5) is 25.5. The highest BCUT2D eigenvalue weighted by Gasteiger charge is 2.22. The first kappa shape index (κ1) is 19.8. The second-order valence-electron chi connectivity index (χ2n) is 5.99. The van der Waals surface area contributed by atoms with E-state index in [9.17, 15) is 9.59 Å². The van der Waals surface area contributed by atoms with Gasteiger partial charge in [0, 0.05) is 24.5 Å². The van der Waals surface area contributed by atoms with Crippen molar-refractivity contribution in [3.63, 3.8) is 0 Å². The summed E-state index contributed by atoms with van der Waals surface area (Å²) in [6, 6.07) is 16.7. The molecular weight excluding hydrogens is 352 g/mol. The van der Waals surface area contributed by atoms with Crippen molar-refractivity contribution in [2.75, 3.05) is 13.1 Å². The minimum absolute atomic E-state index is 0.119. The molecule has 2 rings (SSSR count). The molecule has 0 aromatic heterocycles. The lowest BCUT2D eigenvalue weighted by Gasteiger charge is -2.26. The van der Waals surface area contributed by atoms with Gasteiger partial charge in [-0.1, -0.05) is 41.9 Å². The molecule has 6 heteroatoms. The van der Waals surface area contributed by atoms with Gasteiger partial charge in [0.25, 0.3) is 5.91 Å². The maximum Gasteiger partial charge on any atom is 0.263 e. The normalized spacial score (nSPS) is 11.6. The molecule has 1 unspecified atom stereocenters. The number of benzene rings is 2. The van der Waals surface area contributed by atoms with Crippen LogP contribution in [0.2, 0.25) is 5.02 Å². The second-order valence-corrected chi connectivity index (χ2v) is 6.43. The molecule has 138 valence electrons. The third-order valence-corrected chi connectivity index (χ3v) is 4.18. The average molecular weight is 375 g/mol. The first-order valence-electron chi connectivity index (χ1n) is 8.49. The number of hydrogen-bond acceptors (Lipinski definition) is 3. The Morgan fingerprint density at radius 3 is 2.35 bits per heavy atom. The van der Waals surface area contributed by atoms with E-state index in [0.29, 0.717) is 23.7 Å². The molecule has 0 bridgehead atoms.